The number of anilines is 1. The largest absolute Gasteiger partial charge is 0.442 e. The smallest absolute Gasteiger partial charge is 0.414 e. The SMILES string of the molecule is O=C1O[C@@H](Cn2nccc2-c2cccnc2)CN1c1ccccc1. The number of ether oxygens (including phenoxy) is 1. The number of pyridine rings is 1. The second kappa shape index (κ2) is 6.16. The van der Waals surface area contributed by atoms with E-state index in [0.717, 1.165) is 16.9 Å². The minimum Gasteiger partial charge on any atom is -0.442 e. The van der Waals surface area contributed by atoms with Gasteiger partial charge < -0.3 is 4.74 Å². The highest BCUT2D eigenvalue weighted by Crippen LogP contribution is 2.23. The van der Waals surface area contributed by atoms with Crippen molar-refractivity contribution in [3.8, 4) is 11.3 Å². The molecule has 0 bridgehead atoms. The summed E-state index contributed by atoms with van der Waals surface area (Å²) < 4.78 is 7.35. The van der Waals surface area contributed by atoms with Gasteiger partial charge in [-0.1, -0.05) is 18.2 Å². The molecule has 1 aromatic carbocycles. The Morgan fingerprint density at radius 1 is 1.08 bits per heavy atom. The molecule has 1 fully saturated rings. The number of carbonyl (C=O) groups excluding carboxylic acids is 1. The summed E-state index contributed by atoms with van der Waals surface area (Å²) >= 11 is 0. The number of nitrogens with zero attached hydrogens (tertiary/aromatic N) is 4. The lowest BCUT2D eigenvalue weighted by atomic mass is 10.2. The molecule has 1 atom stereocenters. The van der Waals surface area contributed by atoms with Crippen LogP contribution in [0.4, 0.5) is 10.5 Å². The minimum atomic E-state index is -0.318. The van der Waals surface area contributed by atoms with Gasteiger partial charge >= 0.3 is 6.09 Å². The molecular weight excluding hydrogens is 304 g/mol. The van der Waals surface area contributed by atoms with Gasteiger partial charge in [0.05, 0.1) is 18.8 Å². The highest BCUT2D eigenvalue weighted by atomic mass is 16.6. The van der Waals surface area contributed by atoms with Crippen molar-refractivity contribution in [2.75, 3.05) is 11.4 Å². The monoisotopic (exact) mass is 320 g/mol. The van der Waals surface area contributed by atoms with Gasteiger partial charge in [-0.2, -0.15) is 5.10 Å². The highest BCUT2D eigenvalue weighted by molar-refractivity contribution is 5.89. The highest BCUT2D eigenvalue weighted by Gasteiger charge is 2.32. The van der Waals surface area contributed by atoms with Crippen LogP contribution >= 0.6 is 0 Å². The van der Waals surface area contributed by atoms with Gasteiger partial charge in [-0.3, -0.25) is 14.6 Å². The first-order chi connectivity index (χ1) is 11.8. The summed E-state index contributed by atoms with van der Waals surface area (Å²) in [4.78, 5) is 17.9. The van der Waals surface area contributed by atoms with Gasteiger partial charge in [0.15, 0.2) is 0 Å². The maximum Gasteiger partial charge on any atom is 0.414 e. The Labute approximate surface area is 139 Å². The summed E-state index contributed by atoms with van der Waals surface area (Å²) in [5.74, 6) is 0. The average molecular weight is 320 g/mol. The summed E-state index contributed by atoms with van der Waals surface area (Å²) in [7, 11) is 0. The van der Waals surface area contributed by atoms with Gasteiger partial charge in [-0.05, 0) is 30.3 Å². The van der Waals surface area contributed by atoms with E-state index in [9.17, 15) is 4.79 Å². The maximum absolute atomic E-state index is 12.1. The van der Waals surface area contributed by atoms with E-state index in [1.807, 2.05) is 53.2 Å². The van der Waals surface area contributed by atoms with Crippen LogP contribution in [0.1, 0.15) is 0 Å². The van der Waals surface area contributed by atoms with Crippen molar-refractivity contribution >= 4 is 11.8 Å². The Balaban J connectivity index is 1.52. The topological polar surface area (TPSA) is 60.3 Å². The molecule has 24 heavy (non-hydrogen) atoms. The van der Waals surface area contributed by atoms with Crippen molar-refractivity contribution in [2.45, 2.75) is 12.6 Å². The molecule has 1 amide bonds. The van der Waals surface area contributed by atoms with E-state index in [-0.39, 0.29) is 12.2 Å². The van der Waals surface area contributed by atoms with Crippen LogP contribution < -0.4 is 4.90 Å². The zero-order chi connectivity index (χ0) is 16.4. The fourth-order valence-corrected chi connectivity index (χ4v) is 2.87. The third-order valence-electron chi connectivity index (χ3n) is 3.99. The molecule has 3 aromatic rings. The normalized spacial score (nSPS) is 17.1. The first kappa shape index (κ1) is 14.4. The van der Waals surface area contributed by atoms with Crippen molar-refractivity contribution in [1.29, 1.82) is 0 Å². The lowest BCUT2D eigenvalue weighted by Crippen LogP contribution is -2.26. The molecule has 0 spiro atoms. The summed E-state index contributed by atoms with van der Waals surface area (Å²) in [6.07, 6.45) is 4.72. The summed E-state index contributed by atoms with van der Waals surface area (Å²) in [5.41, 5.74) is 2.79. The first-order valence-corrected chi connectivity index (χ1v) is 7.77. The molecule has 6 nitrogen and oxygen atoms in total. The number of amides is 1. The minimum absolute atomic E-state index is 0.243. The number of aromatic nitrogens is 3. The molecule has 1 saturated heterocycles. The van der Waals surface area contributed by atoms with Crippen molar-refractivity contribution < 1.29 is 9.53 Å². The van der Waals surface area contributed by atoms with E-state index >= 15 is 0 Å². The zero-order valence-corrected chi connectivity index (χ0v) is 12.9. The van der Waals surface area contributed by atoms with Crippen LogP contribution in [0.3, 0.4) is 0 Å². The van der Waals surface area contributed by atoms with Gasteiger partial charge in [-0.25, -0.2) is 4.79 Å². The molecule has 120 valence electrons. The van der Waals surface area contributed by atoms with Crippen LogP contribution in [0.15, 0.2) is 67.1 Å². The fraction of sp³-hybridized carbons (Fsp3) is 0.167. The number of hydrogen-bond acceptors (Lipinski definition) is 4. The van der Waals surface area contributed by atoms with Crippen LogP contribution in [0, 0.1) is 0 Å². The molecule has 4 rings (SSSR count). The van der Waals surface area contributed by atoms with Crippen molar-refractivity contribution in [3.05, 3.63) is 67.1 Å². The van der Waals surface area contributed by atoms with Crippen LogP contribution in [-0.2, 0) is 11.3 Å². The van der Waals surface area contributed by atoms with Crippen LogP contribution in [0.25, 0.3) is 11.3 Å². The molecule has 1 aliphatic heterocycles. The third-order valence-corrected chi connectivity index (χ3v) is 3.99. The Morgan fingerprint density at radius 3 is 2.75 bits per heavy atom. The van der Waals surface area contributed by atoms with Gasteiger partial charge in [-0.15, -0.1) is 0 Å². The average Bonchev–Trinajstić information content (AvgIpc) is 3.23. The van der Waals surface area contributed by atoms with Gasteiger partial charge in [0.1, 0.15) is 6.10 Å². The van der Waals surface area contributed by atoms with Crippen molar-refractivity contribution in [3.63, 3.8) is 0 Å². The lowest BCUT2D eigenvalue weighted by molar-refractivity contribution is 0.130. The summed E-state index contributed by atoms with van der Waals surface area (Å²) in [6, 6.07) is 15.3. The lowest BCUT2D eigenvalue weighted by Gasteiger charge is -2.13. The zero-order valence-electron chi connectivity index (χ0n) is 12.9. The van der Waals surface area contributed by atoms with Gasteiger partial charge in [0, 0.05) is 29.8 Å². The van der Waals surface area contributed by atoms with Crippen LogP contribution in [0.5, 0.6) is 0 Å². The molecule has 0 unspecified atom stereocenters. The predicted octanol–water partition coefficient (Wildman–Crippen LogP) is 2.97. The number of rotatable bonds is 4. The molecule has 1 aliphatic rings. The molecule has 0 saturated carbocycles. The van der Waals surface area contributed by atoms with E-state index in [1.165, 1.54) is 0 Å². The summed E-state index contributed by atoms with van der Waals surface area (Å²) in [5, 5.41) is 4.36. The van der Waals surface area contributed by atoms with Crippen LogP contribution in [-0.4, -0.2) is 33.5 Å². The van der Waals surface area contributed by atoms with Gasteiger partial charge in [0.25, 0.3) is 0 Å². The number of cyclic esters (lactones) is 1. The first-order valence-electron chi connectivity index (χ1n) is 7.77. The van der Waals surface area contributed by atoms with E-state index in [0.29, 0.717) is 13.1 Å². The quantitative estimate of drug-likeness (QED) is 0.741. The van der Waals surface area contributed by atoms with Crippen molar-refractivity contribution in [2.24, 2.45) is 0 Å². The molecule has 0 N–H and O–H groups in total. The molecule has 3 heterocycles. The number of hydrogen-bond donors (Lipinski definition) is 0. The Hall–Kier alpha value is -3.15. The number of para-hydroxylation sites is 1. The van der Waals surface area contributed by atoms with Crippen LogP contribution in [0.2, 0.25) is 0 Å². The molecule has 0 radical (unpaired) electrons. The van der Waals surface area contributed by atoms with Crippen molar-refractivity contribution in [1.82, 2.24) is 14.8 Å². The van der Waals surface area contributed by atoms with E-state index in [2.05, 4.69) is 10.1 Å². The molecule has 2 aromatic heterocycles. The van der Waals surface area contributed by atoms with E-state index < -0.39 is 0 Å². The van der Waals surface area contributed by atoms with Gasteiger partial charge in [0.2, 0.25) is 0 Å². The fourth-order valence-electron chi connectivity index (χ4n) is 2.87. The molecule has 0 aliphatic carbocycles. The second-order valence-corrected chi connectivity index (χ2v) is 5.59. The number of benzene rings is 1. The number of carbonyl (C=O) groups is 1. The Bertz CT molecular complexity index is 832. The Kier molecular flexibility index (Phi) is 3.70. The standard InChI is InChI=1S/C18H16N4O2/c23-18-21(15-6-2-1-3-7-15)12-16(24-18)13-22-17(8-10-20-22)14-5-4-9-19-11-14/h1-11,16H,12-13H2/t16-/m1/s1. The molecular formula is C18H16N4O2. The predicted molar refractivity (Wildman–Crippen MR) is 89.5 cm³/mol. The van der Waals surface area contributed by atoms with E-state index in [4.69, 9.17) is 4.74 Å². The maximum atomic E-state index is 12.1. The Morgan fingerprint density at radius 2 is 1.96 bits per heavy atom. The molecule has 6 heteroatoms. The third kappa shape index (κ3) is 2.74. The summed E-state index contributed by atoms with van der Waals surface area (Å²) in [6.45, 7) is 1.02. The van der Waals surface area contributed by atoms with E-state index in [1.54, 1.807) is 23.5 Å². The second-order valence-electron chi connectivity index (χ2n) is 5.59.